The third-order valence-electron chi connectivity index (χ3n) is 3.03. The number of hydrogen-bond donors (Lipinski definition) is 0. The van der Waals surface area contributed by atoms with E-state index in [1.165, 1.54) is 28.6 Å². The molecule has 0 fully saturated rings. The van der Waals surface area contributed by atoms with Crippen LogP contribution < -0.4 is 0 Å². The van der Waals surface area contributed by atoms with Crippen molar-refractivity contribution in [2.75, 3.05) is 25.2 Å². The molecule has 1 aromatic rings. The number of hydrogen-bond acceptors (Lipinski definition) is 6. The normalized spacial score (nSPS) is 11.5. The number of nitrogens with zero attached hydrogens (tertiary/aromatic N) is 2. The SMILES string of the molecule is Cc1c(F)c(F)c(CCCSSCCO[P+](=O)N(C)N=O)c(F)c1F. The lowest BCUT2D eigenvalue weighted by molar-refractivity contribution is 0.312. The first-order valence-electron chi connectivity index (χ1n) is 7.04. The summed E-state index contributed by atoms with van der Waals surface area (Å²) in [6.45, 7) is 1.11. The topological polar surface area (TPSA) is 59.0 Å². The Hall–Kier alpha value is -0.900. The lowest BCUT2D eigenvalue weighted by Gasteiger charge is -2.09. The van der Waals surface area contributed by atoms with Gasteiger partial charge in [0.25, 0.3) is 0 Å². The van der Waals surface area contributed by atoms with Gasteiger partial charge in [0.05, 0.1) is 12.3 Å². The smallest absolute Gasteiger partial charge is 0.203 e. The van der Waals surface area contributed by atoms with Crippen molar-refractivity contribution in [3.05, 3.63) is 39.3 Å². The van der Waals surface area contributed by atoms with Gasteiger partial charge in [-0.1, -0.05) is 21.6 Å². The molecule has 12 heteroatoms. The molecular formula is C13H16F4N2O3PS2+. The second-order valence-corrected chi connectivity index (χ2v) is 8.76. The molecule has 0 aliphatic carbocycles. The van der Waals surface area contributed by atoms with E-state index in [1.807, 2.05) is 0 Å². The summed E-state index contributed by atoms with van der Waals surface area (Å²) < 4.78 is 71.0. The quantitative estimate of drug-likeness (QED) is 0.0940. The summed E-state index contributed by atoms with van der Waals surface area (Å²) in [5.74, 6) is -4.47. The van der Waals surface area contributed by atoms with Crippen LogP contribution in [0.2, 0.25) is 0 Å². The summed E-state index contributed by atoms with van der Waals surface area (Å²) in [7, 11) is 1.68. The van der Waals surface area contributed by atoms with Crippen LogP contribution in [-0.4, -0.2) is 29.9 Å². The molecule has 0 spiro atoms. The molecule has 0 N–H and O–H groups in total. The molecule has 0 aliphatic rings. The Kier molecular flexibility index (Phi) is 9.70. The van der Waals surface area contributed by atoms with Gasteiger partial charge in [0.2, 0.25) is 0 Å². The summed E-state index contributed by atoms with van der Waals surface area (Å²) in [5.41, 5.74) is -1.26. The zero-order valence-electron chi connectivity index (χ0n) is 13.4. The number of benzene rings is 1. The molecule has 0 radical (unpaired) electrons. The van der Waals surface area contributed by atoms with Gasteiger partial charge in [-0.2, -0.15) is 0 Å². The van der Waals surface area contributed by atoms with Crippen LogP contribution in [0.4, 0.5) is 17.6 Å². The summed E-state index contributed by atoms with van der Waals surface area (Å²) in [5, 5.41) is 2.44. The highest BCUT2D eigenvalue weighted by Crippen LogP contribution is 2.29. The lowest BCUT2D eigenvalue weighted by atomic mass is 10.0. The average Bonchev–Trinajstić information content (AvgIpc) is 2.61. The third kappa shape index (κ3) is 6.40. The summed E-state index contributed by atoms with van der Waals surface area (Å²) in [4.78, 5) is 10.1. The highest BCUT2D eigenvalue weighted by atomic mass is 33.1. The summed E-state index contributed by atoms with van der Waals surface area (Å²) in [6.07, 6.45) is 0.192. The maximum absolute atomic E-state index is 13.7. The second kappa shape index (κ2) is 10.9. The number of halogens is 4. The van der Waals surface area contributed by atoms with E-state index in [4.69, 9.17) is 4.52 Å². The fraction of sp³-hybridized carbons (Fsp3) is 0.538. The molecule has 0 saturated heterocycles. The van der Waals surface area contributed by atoms with Crippen molar-refractivity contribution in [3.8, 4) is 0 Å². The van der Waals surface area contributed by atoms with Crippen LogP contribution in [0.25, 0.3) is 0 Å². The Morgan fingerprint density at radius 1 is 1.08 bits per heavy atom. The summed E-state index contributed by atoms with van der Waals surface area (Å²) in [6, 6.07) is 0. The number of nitroso groups, excluding NO2 is 1. The van der Waals surface area contributed by atoms with Crippen molar-refractivity contribution in [1.29, 1.82) is 0 Å². The van der Waals surface area contributed by atoms with Crippen molar-refractivity contribution >= 4 is 29.8 Å². The van der Waals surface area contributed by atoms with Crippen LogP contribution >= 0.6 is 29.8 Å². The Labute approximate surface area is 151 Å². The average molecular weight is 419 g/mol. The van der Waals surface area contributed by atoms with Crippen molar-refractivity contribution in [1.82, 2.24) is 4.78 Å². The number of rotatable bonds is 11. The maximum Gasteiger partial charge on any atom is 0.665 e. The van der Waals surface area contributed by atoms with Crippen molar-refractivity contribution in [2.45, 2.75) is 19.8 Å². The first-order chi connectivity index (χ1) is 11.8. The van der Waals surface area contributed by atoms with Crippen molar-refractivity contribution in [2.24, 2.45) is 5.29 Å². The molecule has 0 amide bonds. The fourth-order valence-electron chi connectivity index (χ4n) is 1.69. The predicted molar refractivity (Wildman–Crippen MR) is 91.4 cm³/mol. The van der Waals surface area contributed by atoms with Crippen LogP contribution in [0, 0.1) is 35.1 Å². The van der Waals surface area contributed by atoms with Crippen LogP contribution in [0.1, 0.15) is 17.5 Å². The van der Waals surface area contributed by atoms with Gasteiger partial charge in [-0.05, 0) is 24.5 Å². The van der Waals surface area contributed by atoms with Gasteiger partial charge in [-0.25, -0.2) is 17.6 Å². The van der Waals surface area contributed by atoms with Gasteiger partial charge in [-0.3, -0.25) is 0 Å². The first-order valence-corrected chi connectivity index (χ1v) is 10.7. The molecule has 25 heavy (non-hydrogen) atoms. The zero-order valence-corrected chi connectivity index (χ0v) is 16.0. The molecule has 0 saturated carbocycles. The van der Waals surface area contributed by atoms with Gasteiger partial charge < -0.3 is 0 Å². The Bertz CT molecular complexity index is 611. The van der Waals surface area contributed by atoms with Gasteiger partial charge in [-0.15, -0.1) is 9.43 Å². The predicted octanol–water partition coefficient (Wildman–Crippen LogP) is 5.15. The monoisotopic (exact) mass is 419 g/mol. The highest BCUT2D eigenvalue weighted by Gasteiger charge is 2.26. The minimum Gasteiger partial charge on any atom is -0.203 e. The molecule has 0 aromatic heterocycles. The third-order valence-corrected chi connectivity index (χ3v) is 6.44. The minimum atomic E-state index is -2.29. The standard InChI is InChI=1S/C13H16F4N2O3PS2/c1-8-10(14)12(16)9(13(17)11(8)15)4-3-6-24-25-7-5-22-23(21)19(2)18-20/h3-7H2,1-2H3/q+1. The second-order valence-electron chi connectivity index (χ2n) is 4.75. The van der Waals surface area contributed by atoms with E-state index in [-0.39, 0.29) is 13.0 Å². The highest BCUT2D eigenvalue weighted by molar-refractivity contribution is 8.76. The molecule has 0 heterocycles. The van der Waals surface area contributed by atoms with Gasteiger partial charge in [0, 0.05) is 27.2 Å². The van der Waals surface area contributed by atoms with E-state index in [0.717, 1.165) is 6.92 Å². The Morgan fingerprint density at radius 2 is 1.64 bits per heavy atom. The van der Waals surface area contributed by atoms with Crippen LogP contribution in [0.15, 0.2) is 5.29 Å². The van der Waals surface area contributed by atoms with E-state index in [0.29, 0.717) is 22.7 Å². The van der Waals surface area contributed by atoms with E-state index in [1.54, 1.807) is 0 Å². The molecular weight excluding hydrogens is 403 g/mol. The maximum atomic E-state index is 13.7. The lowest BCUT2D eigenvalue weighted by Crippen LogP contribution is -2.06. The van der Waals surface area contributed by atoms with E-state index >= 15 is 0 Å². The van der Waals surface area contributed by atoms with Gasteiger partial charge >= 0.3 is 8.18 Å². The largest absolute Gasteiger partial charge is 0.665 e. The fourth-order valence-corrected chi connectivity index (χ4v) is 4.21. The van der Waals surface area contributed by atoms with E-state index in [2.05, 4.69) is 5.29 Å². The first kappa shape index (κ1) is 22.1. The van der Waals surface area contributed by atoms with Gasteiger partial charge in [0.15, 0.2) is 23.3 Å². The van der Waals surface area contributed by atoms with Crippen LogP contribution in [-0.2, 0) is 15.5 Å². The van der Waals surface area contributed by atoms with Crippen molar-refractivity contribution < 1.29 is 26.7 Å². The van der Waals surface area contributed by atoms with Crippen LogP contribution in [0.3, 0.4) is 0 Å². The molecule has 140 valence electrons. The zero-order chi connectivity index (χ0) is 19.0. The molecule has 0 bridgehead atoms. The Morgan fingerprint density at radius 3 is 2.20 bits per heavy atom. The molecule has 5 nitrogen and oxygen atoms in total. The summed E-state index contributed by atoms with van der Waals surface area (Å²) >= 11 is 0. The molecule has 1 unspecified atom stereocenters. The van der Waals surface area contributed by atoms with Gasteiger partial charge in [0.1, 0.15) is 6.61 Å². The van der Waals surface area contributed by atoms with Crippen molar-refractivity contribution in [3.63, 3.8) is 0 Å². The molecule has 1 rings (SSSR count). The van der Waals surface area contributed by atoms with Crippen LogP contribution in [0.5, 0.6) is 0 Å². The van der Waals surface area contributed by atoms with E-state index in [9.17, 15) is 27.0 Å². The minimum absolute atomic E-state index is 0.127. The molecule has 0 aliphatic heterocycles. The van der Waals surface area contributed by atoms with E-state index < -0.39 is 42.6 Å². The Balaban J connectivity index is 2.29. The molecule has 1 atom stereocenters. The molecule has 1 aromatic carbocycles.